The summed E-state index contributed by atoms with van der Waals surface area (Å²) in [6, 6.07) is 4.82. The average Bonchev–Trinajstić information content (AvgIpc) is 2.90. The Labute approximate surface area is 216 Å². The Balaban J connectivity index is 1.68. The third-order valence-electron chi connectivity index (χ3n) is 8.11. The third kappa shape index (κ3) is 5.81. The fourth-order valence-electron chi connectivity index (χ4n) is 5.76. The number of aliphatic hydroxyl groups is 1. The van der Waals surface area contributed by atoms with Gasteiger partial charge in [0.1, 0.15) is 16.7 Å². The van der Waals surface area contributed by atoms with Crippen LogP contribution in [-0.4, -0.2) is 67.5 Å². The van der Waals surface area contributed by atoms with Crippen LogP contribution in [0, 0.1) is 11.8 Å². The molecule has 8 heteroatoms. The van der Waals surface area contributed by atoms with Gasteiger partial charge in [-0.05, 0) is 68.7 Å². The normalized spacial score (nSPS) is 26.1. The minimum Gasteiger partial charge on any atom is -0.487 e. The van der Waals surface area contributed by atoms with Gasteiger partial charge in [0.2, 0.25) is 15.9 Å². The van der Waals surface area contributed by atoms with Gasteiger partial charge in [-0.2, -0.15) is 4.31 Å². The molecular weight excluding hydrogens is 476 g/mol. The number of ether oxygens (including phenoxy) is 1. The second kappa shape index (κ2) is 11.7. The number of benzene rings is 1. The maximum atomic E-state index is 13.7. The first kappa shape index (κ1) is 27.1. The quantitative estimate of drug-likeness (QED) is 0.601. The van der Waals surface area contributed by atoms with E-state index in [0.717, 1.165) is 50.5 Å². The standard InChI is InChI=1S/C28H42N2O5S/c1-20-17-30(21(2)19-31)36(33,34)27-15-14-24(22-10-6-4-7-11-22)16-25(27)35-26(20)18-29(3)28(32)23-12-8-5-9-13-23/h10,14-16,20-21,23,26,31H,4-9,11-13,17-19H2,1-3H3/t20-,21+,26+/m0/s1. The van der Waals surface area contributed by atoms with Gasteiger partial charge in [0.15, 0.2) is 0 Å². The van der Waals surface area contributed by atoms with E-state index in [9.17, 15) is 18.3 Å². The maximum absolute atomic E-state index is 13.7. The molecule has 36 heavy (non-hydrogen) atoms. The van der Waals surface area contributed by atoms with Crippen LogP contribution >= 0.6 is 0 Å². The number of carbonyl (C=O) groups is 1. The number of rotatable bonds is 6. The molecule has 3 aliphatic rings. The average molecular weight is 519 g/mol. The topological polar surface area (TPSA) is 87.2 Å². The van der Waals surface area contributed by atoms with Crippen LogP contribution in [-0.2, 0) is 14.8 Å². The van der Waals surface area contributed by atoms with Gasteiger partial charge in [-0.1, -0.05) is 38.3 Å². The molecule has 1 fully saturated rings. The Morgan fingerprint density at radius 3 is 2.61 bits per heavy atom. The molecule has 3 atom stereocenters. The molecule has 2 aliphatic carbocycles. The lowest BCUT2D eigenvalue weighted by molar-refractivity contribution is -0.136. The van der Waals surface area contributed by atoms with E-state index in [1.165, 1.54) is 22.7 Å². The SMILES string of the molecule is C[C@H](CO)N1C[C@H](C)[C@@H](CN(C)C(=O)C2CCCCC2)Oc2cc(C3=CCCCC3)ccc2S1(=O)=O. The van der Waals surface area contributed by atoms with Crippen molar-refractivity contribution in [2.24, 2.45) is 11.8 Å². The summed E-state index contributed by atoms with van der Waals surface area (Å²) in [6.45, 7) is 4.03. The van der Waals surface area contributed by atoms with E-state index in [1.807, 2.05) is 26.1 Å². The van der Waals surface area contributed by atoms with Gasteiger partial charge in [-0.3, -0.25) is 4.79 Å². The van der Waals surface area contributed by atoms with Crippen molar-refractivity contribution in [1.29, 1.82) is 0 Å². The van der Waals surface area contributed by atoms with Gasteiger partial charge in [0.25, 0.3) is 0 Å². The molecule has 200 valence electrons. The van der Waals surface area contributed by atoms with E-state index in [4.69, 9.17) is 4.74 Å². The summed E-state index contributed by atoms with van der Waals surface area (Å²) >= 11 is 0. The number of nitrogens with zero attached hydrogens (tertiary/aromatic N) is 2. The van der Waals surface area contributed by atoms with E-state index in [2.05, 4.69) is 6.08 Å². The lowest BCUT2D eigenvalue weighted by Crippen LogP contribution is -2.50. The predicted octanol–water partition coefficient (Wildman–Crippen LogP) is 4.45. The minimum atomic E-state index is -3.87. The largest absolute Gasteiger partial charge is 0.487 e. The van der Waals surface area contributed by atoms with E-state index in [0.29, 0.717) is 12.3 Å². The Kier molecular flexibility index (Phi) is 8.79. The number of fused-ring (bicyclic) bond motifs is 1. The molecule has 7 nitrogen and oxygen atoms in total. The molecular formula is C28H42N2O5S. The molecule has 1 heterocycles. The third-order valence-corrected chi connectivity index (χ3v) is 10.1. The van der Waals surface area contributed by atoms with E-state index in [-0.39, 0.29) is 41.9 Å². The molecule has 1 aromatic carbocycles. The van der Waals surface area contributed by atoms with Crippen molar-refractivity contribution in [3.63, 3.8) is 0 Å². The highest BCUT2D eigenvalue weighted by Crippen LogP contribution is 2.37. The molecule has 0 radical (unpaired) electrons. The van der Waals surface area contributed by atoms with Crippen molar-refractivity contribution in [1.82, 2.24) is 9.21 Å². The molecule has 0 aromatic heterocycles. The van der Waals surface area contributed by atoms with Crippen molar-refractivity contribution in [3.05, 3.63) is 29.8 Å². The lowest BCUT2D eigenvalue weighted by Gasteiger charge is -2.38. The van der Waals surface area contributed by atoms with Gasteiger partial charge in [-0.15, -0.1) is 0 Å². The van der Waals surface area contributed by atoms with Crippen molar-refractivity contribution in [3.8, 4) is 5.75 Å². The summed E-state index contributed by atoms with van der Waals surface area (Å²) in [6.07, 6.45) is 11.4. The van der Waals surface area contributed by atoms with Crippen LogP contribution in [0.15, 0.2) is 29.2 Å². The highest BCUT2D eigenvalue weighted by molar-refractivity contribution is 7.89. The molecule has 0 saturated heterocycles. The second-order valence-corrected chi connectivity index (χ2v) is 12.8. The Hall–Kier alpha value is -1.90. The summed E-state index contributed by atoms with van der Waals surface area (Å²) < 4.78 is 35.3. The maximum Gasteiger partial charge on any atom is 0.247 e. The predicted molar refractivity (Wildman–Crippen MR) is 141 cm³/mol. The smallest absolute Gasteiger partial charge is 0.247 e. The first-order chi connectivity index (χ1) is 17.2. The van der Waals surface area contributed by atoms with E-state index < -0.39 is 16.1 Å². The van der Waals surface area contributed by atoms with Crippen molar-refractivity contribution < 1.29 is 23.1 Å². The zero-order valence-electron chi connectivity index (χ0n) is 22.0. The van der Waals surface area contributed by atoms with Crippen LogP contribution in [0.4, 0.5) is 0 Å². The van der Waals surface area contributed by atoms with Crippen LogP contribution in [0.2, 0.25) is 0 Å². The van der Waals surface area contributed by atoms with Crippen molar-refractivity contribution >= 4 is 21.5 Å². The van der Waals surface area contributed by atoms with E-state index >= 15 is 0 Å². The molecule has 1 aliphatic heterocycles. The number of amides is 1. The number of likely N-dealkylation sites (N-methyl/N-ethyl adjacent to an activating group) is 1. The summed E-state index contributed by atoms with van der Waals surface area (Å²) in [7, 11) is -2.04. The zero-order chi connectivity index (χ0) is 25.9. The van der Waals surface area contributed by atoms with Crippen molar-refractivity contribution in [2.45, 2.75) is 88.7 Å². The van der Waals surface area contributed by atoms with Crippen LogP contribution in [0.1, 0.15) is 77.2 Å². The molecule has 4 rings (SSSR count). The number of sulfonamides is 1. The van der Waals surface area contributed by atoms with E-state index in [1.54, 1.807) is 17.9 Å². The second-order valence-electron chi connectivity index (χ2n) is 10.9. The number of aliphatic hydroxyl groups excluding tert-OH is 1. The van der Waals surface area contributed by atoms with Crippen LogP contribution in [0.25, 0.3) is 5.57 Å². The van der Waals surface area contributed by atoms with Gasteiger partial charge in [0, 0.05) is 31.5 Å². The Morgan fingerprint density at radius 2 is 1.94 bits per heavy atom. The first-order valence-corrected chi connectivity index (χ1v) is 15.0. The lowest BCUT2D eigenvalue weighted by atomic mass is 9.88. The molecule has 1 N–H and O–H groups in total. The highest BCUT2D eigenvalue weighted by atomic mass is 32.2. The van der Waals surface area contributed by atoms with Crippen LogP contribution in [0.3, 0.4) is 0 Å². The number of hydrogen-bond acceptors (Lipinski definition) is 5. The van der Waals surface area contributed by atoms with Crippen LogP contribution in [0.5, 0.6) is 5.75 Å². The summed E-state index contributed by atoms with van der Waals surface area (Å²) in [4.78, 5) is 15.1. The van der Waals surface area contributed by atoms with Gasteiger partial charge < -0.3 is 14.7 Å². The monoisotopic (exact) mass is 518 g/mol. The van der Waals surface area contributed by atoms with Gasteiger partial charge >= 0.3 is 0 Å². The minimum absolute atomic E-state index is 0.0658. The molecule has 0 unspecified atom stereocenters. The molecule has 0 bridgehead atoms. The number of hydrogen-bond donors (Lipinski definition) is 1. The van der Waals surface area contributed by atoms with Crippen molar-refractivity contribution in [2.75, 3.05) is 26.7 Å². The van der Waals surface area contributed by atoms with Gasteiger partial charge in [-0.25, -0.2) is 8.42 Å². The summed E-state index contributed by atoms with van der Waals surface area (Å²) in [5.74, 6) is 0.378. The fourth-order valence-corrected chi connectivity index (χ4v) is 7.59. The zero-order valence-corrected chi connectivity index (χ0v) is 22.8. The highest BCUT2D eigenvalue weighted by Gasteiger charge is 2.39. The molecule has 0 spiro atoms. The number of allylic oxidation sites excluding steroid dienone is 2. The fraction of sp³-hybridized carbons (Fsp3) is 0.679. The number of carbonyl (C=O) groups excluding carboxylic acids is 1. The molecule has 1 aromatic rings. The van der Waals surface area contributed by atoms with Crippen LogP contribution < -0.4 is 4.74 Å². The molecule has 1 saturated carbocycles. The summed E-state index contributed by atoms with van der Waals surface area (Å²) in [5, 5.41) is 9.86. The molecule has 1 amide bonds. The first-order valence-electron chi connectivity index (χ1n) is 13.6. The summed E-state index contributed by atoms with van der Waals surface area (Å²) in [5.41, 5.74) is 2.21. The van der Waals surface area contributed by atoms with Gasteiger partial charge in [0.05, 0.1) is 13.2 Å². The Morgan fingerprint density at radius 1 is 1.19 bits per heavy atom. The Bertz CT molecular complexity index is 1060.